The molecule has 1 heteroatoms. The van der Waals surface area contributed by atoms with Crippen molar-refractivity contribution < 1.29 is 5.11 Å². The van der Waals surface area contributed by atoms with Crippen LogP contribution in [0.4, 0.5) is 0 Å². The van der Waals surface area contributed by atoms with Gasteiger partial charge in [-0.25, -0.2) is 0 Å². The second kappa shape index (κ2) is 1.88. The summed E-state index contributed by atoms with van der Waals surface area (Å²) >= 11 is 0. The first kappa shape index (κ1) is 7.05. The van der Waals surface area contributed by atoms with E-state index in [0.717, 1.165) is 24.2 Å². The topological polar surface area (TPSA) is 20.2 Å². The van der Waals surface area contributed by atoms with Crippen molar-refractivity contribution in [2.24, 2.45) is 29.1 Å². The Bertz CT molecular complexity index is 295. The van der Waals surface area contributed by atoms with Crippen LogP contribution in [-0.2, 0) is 0 Å². The van der Waals surface area contributed by atoms with Crippen molar-refractivity contribution in [1.82, 2.24) is 0 Å². The summed E-state index contributed by atoms with van der Waals surface area (Å²) in [5.74, 6) is 3.40. The van der Waals surface area contributed by atoms with Crippen LogP contribution in [-0.4, -0.2) is 11.2 Å². The van der Waals surface area contributed by atoms with Gasteiger partial charge in [0, 0.05) is 0 Å². The minimum Gasteiger partial charge on any atom is -0.393 e. The lowest BCUT2D eigenvalue weighted by Gasteiger charge is -2.57. The molecule has 4 aliphatic rings. The molecule has 0 aromatic carbocycles. The molecule has 70 valence electrons. The summed E-state index contributed by atoms with van der Waals surface area (Å²) in [6.07, 6.45) is 10.1. The highest BCUT2D eigenvalue weighted by atomic mass is 16.3. The number of allylic oxidation sites excluding steroid dienone is 2. The van der Waals surface area contributed by atoms with Gasteiger partial charge in [-0.05, 0) is 54.8 Å². The predicted octanol–water partition coefficient (Wildman–Crippen LogP) is 1.97. The fraction of sp³-hybridized carbons (Fsp3) is 0.833. The van der Waals surface area contributed by atoms with Crippen LogP contribution in [0.25, 0.3) is 0 Å². The molecule has 6 atom stereocenters. The van der Waals surface area contributed by atoms with Crippen LogP contribution < -0.4 is 0 Å². The fourth-order valence-corrected chi connectivity index (χ4v) is 4.91. The molecule has 0 saturated heterocycles. The van der Waals surface area contributed by atoms with Crippen LogP contribution in [0.2, 0.25) is 0 Å². The standard InChI is InChI=1S/C12H16O/c13-10-2-1-8-7-3-4-12(5-7)6-9(10)11(8)12/h3-4,7-11,13H,1-2,5-6H2. The highest BCUT2D eigenvalue weighted by Gasteiger charge is 2.66. The Balaban J connectivity index is 1.79. The van der Waals surface area contributed by atoms with Crippen LogP contribution in [0.3, 0.4) is 0 Å². The summed E-state index contributed by atoms with van der Waals surface area (Å²) in [5.41, 5.74) is 0.585. The number of aliphatic hydroxyl groups is 1. The molecular formula is C12H16O. The summed E-state index contributed by atoms with van der Waals surface area (Å²) in [6.45, 7) is 0. The van der Waals surface area contributed by atoms with E-state index in [9.17, 15) is 5.11 Å². The summed E-state index contributed by atoms with van der Waals surface area (Å²) in [5, 5.41) is 9.86. The predicted molar refractivity (Wildman–Crippen MR) is 50.0 cm³/mol. The second-order valence-corrected chi connectivity index (χ2v) is 5.66. The molecule has 0 aromatic heterocycles. The first-order chi connectivity index (χ1) is 6.30. The van der Waals surface area contributed by atoms with E-state index in [1.54, 1.807) is 0 Å². The maximum absolute atomic E-state index is 9.86. The van der Waals surface area contributed by atoms with Gasteiger partial charge < -0.3 is 5.11 Å². The van der Waals surface area contributed by atoms with Gasteiger partial charge in [-0.2, -0.15) is 0 Å². The lowest BCUT2D eigenvalue weighted by Crippen LogP contribution is -2.53. The first-order valence-corrected chi connectivity index (χ1v) is 5.68. The van der Waals surface area contributed by atoms with E-state index >= 15 is 0 Å². The Morgan fingerprint density at radius 2 is 2.08 bits per heavy atom. The number of aliphatic hydroxyl groups excluding tert-OH is 1. The van der Waals surface area contributed by atoms with Crippen LogP contribution in [0.5, 0.6) is 0 Å². The normalized spacial score (nSPS) is 66.4. The van der Waals surface area contributed by atoms with Crippen molar-refractivity contribution in [3.8, 4) is 0 Å². The second-order valence-electron chi connectivity index (χ2n) is 5.66. The Labute approximate surface area is 78.8 Å². The van der Waals surface area contributed by atoms with Crippen molar-refractivity contribution >= 4 is 0 Å². The molecule has 0 heterocycles. The zero-order chi connectivity index (χ0) is 8.63. The van der Waals surface area contributed by atoms with Gasteiger partial charge in [0.25, 0.3) is 0 Å². The third-order valence-electron chi connectivity index (χ3n) is 5.33. The fourth-order valence-electron chi connectivity index (χ4n) is 4.91. The zero-order valence-corrected chi connectivity index (χ0v) is 7.82. The molecule has 3 fully saturated rings. The van der Waals surface area contributed by atoms with E-state index in [2.05, 4.69) is 12.2 Å². The smallest absolute Gasteiger partial charge is 0.0571 e. The van der Waals surface area contributed by atoms with Gasteiger partial charge >= 0.3 is 0 Å². The highest BCUT2D eigenvalue weighted by molar-refractivity contribution is 5.29. The summed E-state index contributed by atoms with van der Waals surface area (Å²) in [4.78, 5) is 0. The van der Waals surface area contributed by atoms with E-state index in [-0.39, 0.29) is 6.10 Å². The van der Waals surface area contributed by atoms with Crippen LogP contribution in [0, 0.1) is 29.1 Å². The average molecular weight is 176 g/mol. The maximum Gasteiger partial charge on any atom is 0.0571 e. The molecule has 4 rings (SSSR count). The van der Waals surface area contributed by atoms with Gasteiger partial charge in [0.05, 0.1) is 6.10 Å². The Kier molecular flexibility index (Phi) is 1.02. The number of hydrogen-bond acceptors (Lipinski definition) is 1. The molecule has 0 aliphatic heterocycles. The molecule has 1 nitrogen and oxygen atoms in total. The van der Waals surface area contributed by atoms with Crippen molar-refractivity contribution in [2.75, 3.05) is 0 Å². The van der Waals surface area contributed by atoms with Crippen molar-refractivity contribution in [2.45, 2.75) is 31.8 Å². The lowest BCUT2D eigenvalue weighted by atomic mass is 9.48. The lowest BCUT2D eigenvalue weighted by molar-refractivity contribution is -0.108. The SMILES string of the molecule is OC1CCC2C3C=CC4(C3)CC1C24. The quantitative estimate of drug-likeness (QED) is 0.559. The van der Waals surface area contributed by atoms with E-state index < -0.39 is 0 Å². The largest absolute Gasteiger partial charge is 0.393 e. The van der Waals surface area contributed by atoms with E-state index in [0.29, 0.717) is 11.3 Å². The molecule has 0 radical (unpaired) electrons. The zero-order valence-electron chi connectivity index (χ0n) is 7.82. The van der Waals surface area contributed by atoms with Crippen LogP contribution >= 0.6 is 0 Å². The summed E-state index contributed by atoms with van der Waals surface area (Å²) in [7, 11) is 0. The van der Waals surface area contributed by atoms with E-state index in [1.807, 2.05) is 0 Å². The molecule has 2 bridgehead atoms. The molecule has 6 unspecified atom stereocenters. The minimum atomic E-state index is 0.0413. The van der Waals surface area contributed by atoms with E-state index in [1.165, 1.54) is 19.3 Å². The van der Waals surface area contributed by atoms with Gasteiger partial charge in [0.15, 0.2) is 0 Å². The first-order valence-electron chi connectivity index (χ1n) is 5.68. The van der Waals surface area contributed by atoms with Crippen molar-refractivity contribution in [1.29, 1.82) is 0 Å². The third-order valence-corrected chi connectivity index (χ3v) is 5.33. The maximum atomic E-state index is 9.86. The molecule has 0 amide bonds. The molecular weight excluding hydrogens is 160 g/mol. The van der Waals surface area contributed by atoms with Gasteiger partial charge in [0.1, 0.15) is 0 Å². The van der Waals surface area contributed by atoms with Crippen molar-refractivity contribution in [3.05, 3.63) is 12.2 Å². The molecule has 4 aliphatic carbocycles. The summed E-state index contributed by atoms with van der Waals surface area (Å²) in [6, 6.07) is 0. The highest BCUT2D eigenvalue weighted by Crippen LogP contribution is 2.72. The van der Waals surface area contributed by atoms with Crippen LogP contribution in [0.1, 0.15) is 25.7 Å². The molecule has 0 aromatic rings. The Morgan fingerprint density at radius 3 is 3.00 bits per heavy atom. The minimum absolute atomic E-state index is 0.0413. The third kappa shape index (κ3) is 0.604. The van der Waals surface area contributed by atoms with Crippen LogP contribution in [0.15, 0.2) is 12.2 Å². The molecule has 1 N–H and O–H groups in total. The summed E-state index contributed by atoms with van der Waals surface area (Å²) < 4.78 is 0. The van der Waals surface area contributed by atoms with Gasteiger partial charge in [0.2, 0.25) is 0 Å². The average Bonchev–Trinajstić information content (AvgIpc) is 2.61. The molecule has 3 saturated carbocycles. The number of rotatable bonds is 0. The number of hydrogen-bond donors (Lipinski definition) is 1. The van der Waals surface area contributed by atoms with Gasteiger partial charge in [-0.3, -0.25) is 0 Å². The number of fused-ring (bicyclic) bond motifs is 2. The Morgan fingerprint density at radius 1 is 1.15 bits per heavy atom. The Hall–Kier alpha value is -0.300. The van der Waals surface area contributed by atoms with Crippen molar-refractivity contribution in [3.63, 3.8) is 0 Å². The van der Waals surface area contributed by atoms with Gasteiger partial charge in [-0.1, -0.05) is 12.2 Å². The molecule has 13 heavy (non-hydrogen) atoms. The monoisotopic (exact) mass is 176 g/mol. The van der Waals surface area contributed by atoms with Gasteiger partial charge in [-0.15, -0.1) is 0 Å². The van der Waals surface area contributed by atoms with E-state index in [4.69, 9.17) is 0 Å². The molecule has 1 spiro atoms.